The zero-order valence-corrected chi connectivity index (χ0v) is 10.6. The minimum atomic E-state index is 0.646. The number of nitrogen functional groups attached to an aromatic ring is 1. The summed E-state index contributed by atoms with van der Waals surface area (Å²) in [6.45, 7) is 2.84. The first-order chi connectivity index (χ1) is 9.28. The normalized spacial score (nSPS) is 10.8. The van der Waals surface area contributed by atoms with E-state index < -0.39 is 0 Å². The lowest BCUT2D eigenvalue weighted by Crippen LogP contribution is -1.93. The summed E-state index contributed by atoms with van der Waals surface area (Å²) in [6.07, 6.45) is 5.25. The summed E-state index contributed by atoms with van der Waals surface area (Å²) in [4.78, 5) is 4.28. The molecule has 19 heavy (non-hydrogen) atoms. The van der Waals surface area contributed by atoms with Crippen LogP contribution in [0.5, 0.6) is 11.5 Å². The number of aryl methyl sites for hydroxylation is 1. The second-order valence-corrected chi connectivity index (χ2v) is 4.19. The summed E-state index contributed by atoms with van der Waals surface area (Å²) in [5.41, 5.74) is 7.31. The average Bonchev–Trinajstić information content (AvgIpc) is 2.88. The Labute approximate surface area is 110 Å². The number of hydrogen-bond acceptors (Lipinski definition) is 4. The first-order valence-electron chi connectivity index (χ1n) is 6.11. The van der Waals surface area contributed by atoms with Crippen LogP contribution in [0.3, 0.4) is 0 Å². The average molecular weight is 254 g/mol. The summed E-state index contributed by atoms with van der Waals surface area (Å²) in [5.74, 6) is 1.43. The SMILES string of the molecule is CCn1cc(Oc2ccnc3c(N)cccc23)cn1. The van der Waals surface area contributed by atoms with E-state index in [1.807, 2.05) is 42.1 Å². The Balaban J connectivity index is 2.03. The van der Waals surface area contributed by atoms with Gasteiger partial charge in [-0.05, 0) is 25.1 Å². The zero-order valence-electron chi connectivity index (χ0n) is 10.6. The third-order valence-corrected chi connectivity index (χ3v) is 2.92. The number of nitrogens with zero attached hydrogens (tertiary/aromatic N) is 3. The molecule has 0 radical (unpaired) electrons. The number of nitrogens with two attached hydrogens (primary N) is 1. The van der Waals surface area contributed by atoms with Crippen LogP contribution < -0.4 is 10.5 Å². The number of pyridine rings is 1. The van der Waals surface area contributed by atoms with Gasteiger partial charge in [0.05, 0.1) is 23.6 Å². The Hall–Kier alpha value is -2.56. The molecule has 0 unspecified atom stereocenters. The first kappa shape index (κ1) is 11.5. The Bertz CT molecular complexity index is 720. The summed E-state index contributed by atoms with van der Waals surface area (Å²) in [7, 11) is 0. The van der Waals surface area contributed by atoms with Crippen LogP contribution in [0, 0.1) is 0 Å². The van der Waals surface area contributed by atoms with Gasteiger partial charge in [-0.15, -0.1) is 0 Å². The van der Waals surface area contributed by atoms with Crippen LogP contribution in [-0.2, 0) is 6.54 Å². The van der Waals surface area contributed by atoms with Crippen molar-refractivity contribution in [2.24, 2.45) is 0 Å². The minimum absolute atomic E-state index is 0.646. The number of anilines is 1. The second-order valence-electron chi connectivity index (χ2n) is 4.19. The van der Waals surface area contributed by atoms with Crippen LogP contribution in [0.15, 0.2) is 42.9 Å². The van der Waals surface area contributed by atoms with E-state index in [0.29, 0.717) is 11.4 Å². The Morgan fingerprint density at radius 1 is 1.32 bits per heavy atom. The van der Waals surface area contributed by atoms with Gasteiger partial charge in [0.2, 0.25) is 0 Å². The highest BCUT2D eigenvalue weighted by atomic mass is 16.5. The van der Waals surface area contributed by atoms with Gasteiger partial charge in [0.25, 0.3) is 0 Å². The second kappa shape index (κ2) is 4.61. The molecular formula is C14H14N4O. The van der Waals surface area contributed by atoms with Gasteiger partial charge in [0.1, 0.15) is 5.75 Å². The highest BCUT2D eigenvalue weighted by Crippen LogP contribution is 2.30. The molecule has 0 amide bonds. The quantitative estimate of drug-likeness (QED) is 0.730. The molecule has 2 N–H and O–H groups in total. The van der Waals surface area contributed by atoms with Crippen molar-refractivity contribution in [3.8, 4) is 11.5 Å². The highest BCUT2D eigenvalue weighted by Gasteiger charge is 2.07. The number of hydrogen-bond donors (Lipinski definition) is 1. The molecule has 0 saturated carbocycles. The summed E-state index contributed by atoms with van der Waals surface area (Å²) >= 11 is 0. The summed E-state index contributed by atoms with van der Waals surface area (Å²) in [6, 6.07) is 7.49. The lowest BCUT2D eigenvalue weighted by Gasteiger charge is -2.07. The molecule has 0 aliphatic heterocycles. The fraction of sp³-hybridized carbons (Fsp3) is 0.143. The number of rotatable bonds is 3. The van der Waals surface area contributed by atoms with Gasteiger partial charge in [-0.1, -0.05) is 6.07 Å². The first-order valence-corrected chi connectivity index (χ1v) is 6.11. The molecule has 2 heterocycles. The van der Waals surface area contributed by atoms with Crippen LogP contribution in [-0.4, -0.2) is 14.8 Å². The highest BCUT2D eigenvalue weighted by molar-refractivity contribution is 5.93. The van der Waals surface area contributed by atoms with E-state index >= 15 is 0 Å². The molecule has 2 aromatic heterocycles. The molecule has 0 bridgehead atoms. The van der Waals surface area contributed by atoms with Gasteiger partial charge in [-0.25, -0.2) is 0 Å². The van der Waals surface area contributed by atoms with Gasteiger partial charge in [0, 0.05) is 18.1 Å². The van der Waals surface area contributed by atoms with Crippen molar-refractivity contribution in [3.63, 3.8) is 0 Å². The molecule has 0 atom stereocenters. The molecule has 5 heteroatoms. The predicted octanol–water partition coefficient (Wildman–Crippen LogP) is 2.83. The number of ether oxygens (including phenoxy) is 1. The van der Waals surface area contributed by atoms with Crippen molar-refractivity contribution in [1.82, 2.24) is 14.8 Å². The molecule has 96 valence electrons. The number of benzene rings is 1. The predicted molar refractivity (Wildman–Crippen MR) is 74.1 cm³/mol. The van der Waals surface area contributed by atoms with Gasteiger partial charge in [-0.3, -0.25) is 9.67 Å². The molecular weight excluding hydrogens is 240 g/mol. The molecule has 5 nitrogen and oxygen atoms in total. The molecule has 0 spiro atoms. The molecule has 3 aromatic rings. The third kappa shape index (κ3) is 2.10. The van der Waals surface area contributed by atoms with Crippen molar-refractivity contribution in [1.29, 1.82) is 0 Å². The van der Waals surface area contributed by atoms with E-state index in [-0.39, 0.29) is 0 Å². The maximum absolute atomic E-state index is 5.91. The van der Waals surface area contributed by atoms with E-state index in [9.17, 15) is 0 Å². The Morgan fingerprint density at radius 2 is 2.21 bits per heavy atom. The monoisotopic (exact) mass is 254 g/mol. The maximum Gasteiger partial charge on any atom is 0.165 e. The van der Waals surface area contributed by atoms with Crippen LogP contribution in [0.4, 0.5) is 5.69 Å². The number of fused-ring (bicyclic) bond motifs is 1. The Morgan fingerprint density at radius 3 is 3.00 bits per heavy atom. The molecule has 1 aromatic carbocycles. The van der Waals surface area contributed by atoms with Crippen LogP contribution in [0.1, 0.15) is 6.92 Å². The van der Waals surface area contributed by atoms with Crippen LogP contribution in [0.2, 0.25) is 0 Å². The number of para-hydroxylation sites is 1. The lowest BCUT2D eigenvalue weighted by atomic mass is 10.2. The van der Waals surface area contributed by atoms with E-state index in [4.69, 9.17) is 10.5 Å². The van der Waals surface area contributed by atoms with Crippen LogP contribution in [0.25, 0.3) is 10.9 Å². The van der Waals surface area contributed by atoms with Gasteiger partial charge in [-0.2, -0.15) is 5.10 Å². The molecule has 0 aliphatic carbocycles. The van der Waals surface area contributed by atoms with Gasteiger partial charge < -0.3 is 10.5 Å². The largest absolute Gasteiger partial charge is 0.453 e. The van der Waals surface area contributed by atoms with Crippen molar-refractivity contribution < 1.29 is 4.74 Å². The fourth-order valence-electron chi connectivity index (χ4n) is 1.96. The third-order valence-electron chi connectivity index (χ3n) is 2.92. The van der Waals surface area contributed by atoms with Gasteiger partial charge >= 0.3 is 0 Å². The van der Waals surface area contributed by atoms with Crippen molar-refractivity contribution >= 4 is 16.6 Å². The molecule has 0 saturated heterocycles. The summed E-state index contributed by atoms with van der Waals surface area (Å²) < 4.78 is 7.66. The van der Waals surface area contributed by atoms with Crippen LogP contribution >= 0.6 is 0 Å². The molecule has 0 aliphatic rings. The van der Waals surface area contributed by atoms with E-state index in [2.05, 4.69) is 10.1 Å². The topological polar surface area (TPSA) is 66.0 Å². The fourth-order valence-corrected chi connectivity index (χ4v) is 1.96. The van der Waals surface area contributed by atoms with E-state index in [1.165, 1.54) is 0 Å². The van der Waals surface area contributed by atoms with E-state index in [0.717, 1.165) is 23.2 Å². The van der Waals surface area contributed by atoms with E-state index in [1.54, 1.807) is 12.4 Å². The Kier molecular flexibility index (Phi) is 2.79. The number of aromatic nitrogens is 3. The van der Waals surface area contributed by atoms with Crippen molar-refractivity contribution in [3.05, 3.63) is 42.9 Å². The summed E-state index contributed by atoms with van der Waals surface area (Å²) in [5, 5.41) is 5.07. The smallest absolute Gasteiger partial charge is 0.165 e. The van der Waals surface area contributed by atoms with Crippen molar-refractivity contribution in [2.45, 2.75) is 13.5 Å². The lowest BCUT2D eigenvalue weighted by molar-refractivity contribution is 0.486. The maximum atomic E-state index is 5.91. The van der Waals surface area contributed by atoms with Gasteiger partial charge in [0.15, 0.2) is 5.75 Å². The standard InChI is InChI=1S/C14H14N4O/c1-2-18-9-10(8-17-18)19-13-6-7-16-14-11(13)4-3-5-12(14)15/h3-9H,2,15H2,1H3. The molecule has 3 rings (SSSR count). The molecule has 0 fully saturated rings. The minimum Gasteiger partial charge on any atom is -0.453 e. The zero-order chi connectivity index (χ0) is 13.2. The van der Waals surface area contributed by atoms with Crippen molar-refractivity contribution in [2.75, 3.05) is 5.73 Å².